The maximum atomic E-state index is 13.3. The van der Waals surface area contributed by atoms with Crippen molar-refractivity contribution in [2.75, 3.05) is 17.3 Å². The number of para-hydroxylation sites is 1. The van der Waals surface area contributed by atoms with Crippen LogP contribution >= 0.6 is 11.6 Å². The van der Waals surface area contributed by atoms with Gasteiger partial charge in [-0.05, 0) is 41.2 Å². The predicted octanol–water partition coefficient (Wildman–Crippen LogP) is 4.70. The first-order valence-corrected chi connectivity index (χ1v) is 10.3. The number of halogens is 1. The monoisotopic (exact) mass is 412 g/mol. The number of imide groups is 1. The van der Waals surface area contributed by atoms with Crippen molar-refractivity contribution in [3.05, 3.63) is 64.2 Å². The van der Waals surface area contributed by atoms with Gasteiger partial charge in [0.2, 0.25) is 0 Å². The summed E-state index contributed by atoms with van der Waals surface area (Å²) in [4.78, 5) is 40.0. The number of rotatable bonds is 6. The molecule has 2 aromatic rings. The third kappa shape index (κ3) is 3.79. The number of fused-ring (bicyclic) bond motifs is 1. The first-order valence-electron chi connectivity index (χ1n) is 9.77. The number of amides is 3. The molecule has 0 spiro atoms. The van der Waals surface area contributed by atoms with Gasteiger partial charge in [-0.15, -0.1) is 11.6 Å². The Labute approximate surface area is 176 Å². The van der Waals surface area contributed by atoms with Gasteiger partial charge in [0, 0.05) is 18.0 Å². The van der Waals surface area contributed by atoms with E-state index in [2.05, 4.69) is 5.32 Å². The van der Waals surface area contributed by atoms with Gasteiger partial charge in [0.1, 0.15) is 0 Å². The summed E-state index contributed by atoms with van der Waals surface area (Å²) in [6, 6.07) is 10.5. The van der Waals surface area contributed by atoms with Gasteiger partial charge in [0.15, 0.2) is 0 Å². The molecular weight excluding hydrogens is 388 g/mol. The molecule has 1 heterocycles. The summed E-state index contributed by atoms with van der Waals surface area (Å²) in [7, 11) is 0. The van der Waals surface area contributed by atoms with Crippen LogP contribution < -0.4 is 10.2 Å². The summed E-state index contributed by atoms with van der Waals surface area (Å²) in [5.41, 5.74) is 3.46. The van der Waals surface area contributed by atoms with Crippen LogP contribution in [0.5, 0.6) is 0 Å². The van der Waals surface area contributed by atoms with Gasteiger partial charge in [-0.1, -0.05) is 45.9 Å². The van der Waals surface area contributed by atoms with E-state index in [0.717, 1.165) is 11.1 Å². The van der Waals surface area contributed by atoms with Gasteiger partial charge in [-0.3, -0.25) is 14.4 Å². The molecule has 152 valence electrons. The lowest BCUT2D eigenvalue weighted by Gasteiger charge is -2.25. The number of hydrogen-bond donors (Lipinski definition) is 1. The maximum Gasteiger partial charge on any atom is 0.266 e. The average Bonchev–Trinajstić information content (AvgIpc) is 2.95. The Morgan fingerprint density at radius 3 is 2.10 bits per heavy atom. The number of carbonyl (C=O) groups is 3. The Balaban J connectivity index is 2.09. The van der Waals surface area contributed by atoms with E-state index >= 15 is 0 Å². The molecule has 1 N–H and O–H groups in total. The molecule has 3 amide bonds. The molecule has 0 aliphatic carbocycles. The molecule has 0 fully saturated rings. The fourth-order valence-electron chi connectivity index (χ4n) is 3.62. The Bertz CT molecular complexity index is 956. The topological polar surface area (TPSA) is 66.5 Å². The zero-order valence-corrected chi connectivity index (χ0v) is 17.8. The molecule has 6 heteroatoms. The lowest BCUT2D eigenvalue weighted by molar-refractivity contribution is 0.0923. The molecule has 3 rings (SSSR count). The Morgan fingerprint density at radius 1 is 0.966 bits per heavy atom. The first-order chi connectivity index (χ1) is 13.8. The van der Waals surface area contributed by atoms with Crippen molar-refractivity contribution in [1.82, 2.24) is 5.32 Å². The third-order valence-electron chi connectivity index (χ3n) is 5.09. The van der Waals surface area contributed by atoms with E-state index in [4.69, 9.17) is 11.6 Å². The average molecular weight is 413 g/mol. The Morgan fingerprint density at radius 2 is 1.55 bits per heavy atom. The molecule has 0 radical (unpaired) electrons. The van der Waals surface area contributed by atoms with Crippen LogP contribution in [0, 0.1) is 0 Å². The summed E-state index contributed by atoms with van der Waals surface area (Å²) in [5, 5.41) is 2.68. The minimum absolute atomic E-state index is 0.143. The zero-order valence-electron chi connectivity index (χ0n) is 17.1. The van der Waals surface area contributed by atoms with Crippen LogP contribution in [0.15, 0.2) is 36.4 Å². The van der Waals surface area contributed by atoms with Crippen LogP contribution in [0.4, 0.5) is 5.69 Å². The van der Waals surface area contributed by atoms with Crippen LogP contribution in [-0.4, -0.2) is 30.1 Å². The molecule has 0 aromatic heterocycles. The summed E-state index contributed by atoms with van der Waals surface area (Å²) in [5.74, 6) is -0.488. The summed E-state index contributed by atoms with van der Waals surface area (Å²) < 4.78 is 0. The van der Waals surface area contributed by atoms with E-state index < -0.39 is 5.91 Å². The minimum atomic E-state index is -0.396. The number of anilines is 1. The van der Waals surface area contributed by atoms with Crippen molar-refractivity contribution in [3.63, 3.8) is 0 Å². The van der Waals surface area contributed by atoms with E-state index in [1.807, 2.05) is 45.9 Å². The molecule has 1 aliphatic rings. The van der Waals surface area contributed by atoms with Crippen LogP contribution in [0.3, 0.4) is 0 Å². The second kappa shape index (κ2) is 8.37. The van der Waals surface area contributed by atoms with E-state index in [1.165, 1.54) is 11.0 Å². The highest BCUT2D eigenvalue weighted by atomic mass is 35.5. The molecule has 2 aromatic carbocycles. The van der Waals surface area contributed by atoms with Crippen molar-refractivity contribution in [2.45, 2.75) is 39.5 Å². The summed E-state index contributed by atoms with van der Waals surface area (Å²) in [6.45, 7) is 8.50. The van der Waals surface area contributed by atoms with Gasteiger partial charge in [-0.2, -0.15) is 0 Å². The molecule has 0 saturated carbocycles. The van der Waals surface area contributed by atoms with Gasteiger partial charge >= 0.3 is 0 Å². The number of alkyl halides is 1. The van der Waals surface area contributed by atoms with Crippen molar-refractivity contribution >= 4 is 35.0 Å². The van der Waals surface area contributed by atoms with Crippen LogP contribution in [0.2, 0.25) is 0 Å². The van der Waals surface area contributed by atoms with E-state index in [0.29, 0.717) is 29.2 Å². The summed E-state index contributed by atoms with van der Waals surface area (Å²) >= 11 is 5.62. The van der Waals surface area contributed by atoms with Gasteiger partial charge in [0.25, 0.3) is 17.7 Å². The van der Waals surface area contributed by atoms with Crippen molar-refractivity contribution in [1.29, 1.82) is 0 Å². The fraction of sp³-hybridized carbons (Fsp3) is 0.348. The summed E-state index contributed by atoms with van der Waals surface area (Å²) in [6.07, 6.45) is 0. The molecule has 0 saturated heterocycles. The van der Waals surface area contributed by atoms with E-state index in [-0.39, 0.29) is 29.2 Å². The van der Waals surface area contributed by atoms with Gasteiger partial charge in [0.05, 0.1) is 16.8 Å². The zero-order chi connectivity index (χ0) is 21.3. The smallest absolute Gasteiger partial charge is 0.266 e. The quantitative estimate of drug-likeness (QED) is 0.552. The highest BCUT2D eigenvalue weighted by Gasteiger charge is 2.39. The highest BCUT2D eigenvalue weighted by Crippen LogP contribution is 2.39. The fourth-order valence-corrected chi connectivity index (χ4v) is 3.71. The maximum absolute atomic E-state index is 13.3. The molecule has 0 atom stereocenters. The number of hydrogen-bond acceptors (Lipinski definition) is 3. The molecule has 0 bridgehead atoms. The van der Waals surface area contributed by atoms with E-state index in [1.54, 1.807) is 12.1 Å². The van der Waals surface area contributed by atoms with Gasteiger partial charge in [-0.25, -0.2) is 4.90 Å². The van der Waals surface area contributed by atoms with Crippen LogP contribution in [0.25, 0.3) is 0 Å². The number of carbonyl (C=O) groups excluding carboxylic acids is 3. The lowest BCUT2D eigenvalue weighted by Crippen LogP contribution is -2.31. The molecule has 1 aliphatic heterocycles. The van der Waals surface area contributed by atoms with Crippen molar-refractivity contribution in [2.24, 2.45) is 0 Å². The second-order valence-electron chi connectivity index (χ2n) is 7.75. The van der Waals surface area contributed by atoms with Crippen molar-refractivity contribution < 1.29 is 14.4 Å². The van der Waals surface area contributed by atoms with Crippen LogP contribution in [-0.2, 0) is 0 Å². The molecule has 29 heavy (non-hydrogen) atoms. The highest BCUT2D eigenvalue weighted by molar-refractivity contribution is 6.35. The van der Waals surface area contributed by atoms with E-state index in [9.17, 15) is 14.4 Å². The molecular formula is C23H25ClN2O3. The minimum Gasteiger partial charge on any atom is -0.351 e. The largest absolute Gasteiger partial charge is 0.351 e. The first kappa shape index (κ1) is 21.1. The molecule has 5 nitrogen and oxygen atoms in total. The lowest BCUT2D eigenvalue weighted by atomic mass is 9.92. The SMILES string of the molecule is CC(C)c1cccc(C(C)C)c1N1C(=O)c2ccc(C(=O)NCCCl)cc2C1=O. The predicted molar refractivity (Wildman–Crippen MR) is 115 cm³/mol. The standard InChI is InChI=1S/C23H25ClN2O3/c1-13(2)16-6-5-7-17(14(3)4)20(16)26-22(28)18-9-8-15(12-19(18)23(26)29)21(27)25-11-10-24/h5-9,12-14H,10-11H2,1-4H3,(H,25,27). The second-order valence-corrected chi connectivity index (χ2v) is 8.12. The molecule has 0 unspecified atom stereocenters. The number of nitrogens with zero attached hydrogens (tertiary/aromatic N) is 1. The normalized spacial score (nSPS) is 13.4. The van der Waals surface area contributed by atoms with Crippen molar-refractivity contribution in [3.8, 4) is 0 Å². The third-order valence-corrected chi connectivity index (χ3v) is 5.28. The Kier molecular flexibility index (Phi) is 6.08. The number of benzene rings is 2. The van der Waals surface area contributed by atoms with Crippen LogP contribution in [0.1, 0.15) is 81.7 Å². The number of nitrogens with one attached hydrogen (secondary N) is 1. The van der Waals surface area contributed by atoms with Gasteiger partial charge < -0.3 is 5.32 Å². The Hall–Kier alpha value is -2.66.